The fraction of sp³-hybridized carbons (Fsp3) is 0.222. The van der Waals surface area contributed by atoms with Crippen molar-refractivity contribution in [2.75, 3.05) is 0 Å². The van der Waals surface area contributed by atoms with E-state index in [9.17, 15) is 9.90 Å². The number of aryl methyl sites for hydroxylation is 1. The van der Waals surface area contributed by atoms with E-state index < -0.39 is 5.72 Å². The van der Waals surface area contributed by atoms with Gasteiger partial charge >= 0.3 is 0 Å². The number of benzene rings is 2. The molecule has 0 radical (unpaired) electrons. The molecular weight excluding hydrogens is 276 g/mol. The highest BCUT2D eigenvalue weighted by Gasteiger charge is 2.44. The molecule has 1 unspecified atom stereocenters. The zero-order chi connectivity index (χ0) is 15.7. The first-order chi connectivity index (χ1) is 10.5. The van der Waals surface area contributed by atoms with E-state index in [1.807, 2.05) is 56.3 Å². The molecule has 1 aliphatic heterocycles. The Balaban J connectivity index is 2.00. The van der Waals surface area contributed by atoms with E-state index in [2.05, 4.69) is 5.10 Å². The van der Waals surface area contributed by atoms with Crippen LogP contribution in [0.1, 0.15) is 34.8 Å². The number of hydrogen-bond acceptors (Lipinski definition) is 3. The highest BCUT2D eigenvalue weighted by molar-refractivity contribution is 5.97. The van der Waals surface area contributed by atoms with Crippen molar-refractivity contribution >= 4 is 11.6 Å². The summed E-state index contributed by atoms with van der Waals surface area (Å²) >= 11 is 0. The van der Waals surface area contributed by atoms with Crippen LogP contribution in [0.5, 0.6) is 0 Å². The van der Waals surface area contributed by atoms with Crippen molar-refractivity contribution in [2.24, 2.45) is 5.10 Å². The summed E-state index contributed by atoms with van der Waals surface area (Å²) in [5.74, 6) is -0.303. The molecule has 0 saturated heterocycles. The first kappa shape index (κ1) is 14.5. The maximum Gasteiger partial charge on any atom is 0.276 e. The van der Waals surface area contributed by atoms with Gasteiger partial charge in [0.05, 0.1) is 0 Å². The molecule has 0 spiro atoms. The van der Waals surface area contributed by atoms with Crippen molar-refractivity contribution in [3.05, 3.63) is 71.3 Å². The molecule has 0 saturated carbocycles. The molecule has 0 aromatic heterocycles. The standard InChI is InChI=1S/C18H18N2O2/c1-13-8-10-15(11-9-13)17(21)20-18(22,12-14(2)19-20)16-6-4-3-5-7-16/h3-11,22H,12H2,1-2H3. The van der Waals surface area contributed by atoms with Crippen molar-refractivity contribution in [1.82, 2.24) is 5.01 Å². The van der Waals surface area contributed by atoms with Crippen LogP contribution in [-0.2, 0) is 5.72 Å². The van der Waals surface area contributed by atoms with E-state index in [0.717, 1.165) is 11.3 Å². The molecular formula is C18H18N2O2. The van der Waals surface area contributed by atoms with Gasteiger partial charge in [0.1, 0.15) is 0 Å². The summed E-state index contributed by atoms with van der Waals surface area (Å²) in [6, 6.07) is 16.4. The lowest BCUT2D eigenvalue weighted by Gasteiger charge is -2.31. The van der Waals surface area contributed by atoms with Gasteiger partial charge in [-0.25, -0.2) is 0 Å². The van der Waals surface area contributed by atoms with Gasteiger partial charge < -0.3 is 5.11 Å². The van der Waals surface area contributed by atoms with Crippen molar-refractivity contribution in [2.45, 2.75) is 26.0 Å². The second-order valence-electron chi connectivity index (χ2n) is 5.68. The zero-order valence-electron chi connectivity index (χ0n) is 12.7. The highest BCUT2D eigenvalue weighted by Crippen LogP contribution is 2.36. The van der Waals surface area contributed by atoms with Gasteiger partial charge in [0.2, 0.25) is 0 Å². The number of nitrogens with zero attached hydrogens (tertiary/aromatic N) is 2. The average molecular weight is 294 g/mol. The second-order valence-corrected chi connectivity index (χ2v) is 5.68. The molecule has 4 nitrogen and oxygen atoms in total. The minimum atomic E-state index is -1.42. The van der Waals surface area contributed by atoms with E-state index in [4.69, 9.17) is 0 Å². The van der Waals surface area contributed by atoms with E-state index in [-0.39, 0.29) is 5.91 Å². The number of carbonyl (C=O) groups is 1. The lowest BCUT2D eigenvalue weighted by Crippen LogP contribution is -2.43. The molecule has 0 fully saturated rings. The largest absolute Gasteiger partial charge is 0.365 e. The molecule has 1 aliphatic rings. The molecule has 112 valence electrons. The predicted molar refractivity (Wildman–Crippen MR) is 85.4 cm³/mol. The van der Waals surface area contributed by atoms with Gasteiger partial charge in [-0.2, -0.15) is 10.1 Å². The van der Waals surface area contributed by atoms with Gasteiger partial charge in [-0.15, -0.1) is 0 Å². The number of amides is 1. The minimum Gasteiger partial charge on any atom is -0.365 e. The summed E-state index contributed by atoms with van der Waals surface area (Å²) in [4.78, 5) is 12.8. The normalized spacial score (nSPS) is 20.9. The summed E-state index contributed by atoms with van der Waals surface area (Å²) in [7, 11) is 0. The number of hydrogen-bond donors (Lipinski definition) is 1. The summed E-state index contributed by atoms with van der Waals surface area (Å²) in [6.07, 6.45) is 0.314. The molecule has 0 aliphatic carbocycles. The first-order valence-corrected chi connectivity index (χ1v) is 7.24. The third-order valence-corrected chi connectivity index (χ3v) is 3.85. The van der Waals surface area contributed by atoms with Gasteiger partial charge in [-0.1, -0.05) is 48.0 Å². The van der Waals surface area contributed by atoms with Crippen LogP contribution in [0.4, 0.5) is 0 Å². The van der Waals surface area contributed by atoms with Crippen molar-refractivity contribution in [3.63, 3.8) is 0 Å². The molecule has 1 heterocycles. The van der Waals surface area contributed by atoms with E-state index in [1.54, 1.807) is 12.1 Å². The van der Waals surface area contributed by atoms with E-state index in [1.165, 1.54) is 5.01 Å². The molecule has 2 aromatic carbocycles. The van der Waals surface area contributed by atoms with Crippen LogP contribution in [0.15, 0.2) is 59.7 Å². The lowest BCUT2D eigenvalue weighted by molar-refractivity contribution is -0.0765. The van der Waals surface area contributed by atoms with Crippen LogP contribution in [0.3, 0.4) is 0 Å². The van der Waals surface area contributed by atoms with Gasteiger partial charge in [-0.05, 0) is 26.0 Å². The molecule has 4 heteroatoms. The van der Waals surface area contributed by atoms with Crippen LogP contribution in [0.25, 0.3) is 0 Å². The highest BCUT2D eigenvalue weighted by atomic mass is 16.3. The van der Waals surface area contributed by atoms with Gasteiger partial charge in [0.15, 0.2) is 5.72 Å². The SMILES string of the molecule is CC1=NN(C(=O)c2ccc(C)cc2)C(O)(c2ccccc2)C1. The molecule has 1 atom stereocenters. The van der Waals surface area contributed by atoms with Gasteiger partial charge in [0, 0.05) is 23.3 Å². The Bertz CT molecular complexity index is 723. The number of rotatable bonds is 2. The third-order valence-electron chi connectivity index (χ3n) is 3.85. The van der Waals surface area contributed by atoms with E-state index >= 15 is 0 Å². The number of carbonyl (C=O) groups excluding carboxylic acids is 1. The Hall–Kier alpha value is -2.46. The first-order valence-electron chi connectivity index (χ1n) is 7.24. The summed E-state index contributed by atoms with van der Waals surface area (Å²) < 4.78 is 0. The number of aliphatic hydroxyl groups is 1. The number of hydrazone groups is 1. The van der Waals surface area contributed by atoms with Crippen molar-refractivity contribution in [1.29, 1.82) is 0 Å². The average Bonchev–Trinajstić information content (AvgIpc) is 2.84. The fourth-order valence-electron chi connectivity index (χ4n) is 2.68. The van der Waals surface area contributed by atoms with Crippen LogP contribution < -0.4 is 0 Å². The monoisotopic (exact) mass is 294 g/mol. The fourth-order valence-corrected chi connectivity index (χ4v) is 2.68. The summed E-state index contributed by atoms with van der Waals surface area (Å²) in [6.45, 7) is 3.78. The maximum absolute atomic E-state index is 12.8. The van der Waals surface area contributed by atoms with Crippen LogP contribution in [0.2, 0.25) is 0 Å². The molecule has 0 bridgehead atoms. The maximum atomic E-state index is 12.8. The van der Waals surface area contributed by atoms with Crippen molar-refractivity contribution in [3.8, 4) is 0 Å². The lowest BCUT2D eigenvalue weighted by atomic mass is 9.97. The molecule has 22 heavy (non-hydrogen) atoms. The summed E-state index contributed by atoms with van der Waals surface area (Å²) in [5, 5.41) is 16.5. The van der Waals surface area contributed by atoms with Crippen LogP contribution in [0, 0.1) is 6.92 Å². The van der Waals surface area contributed by atoms with Gasteiger partial charge in [-0.3, -0.25) is 4.79 Å². The quantitative estimate of drug-likeness (QED) is 0.925. The molecule has 1 amide bonds. The third kappa shape index (κ3) is 2.42. The minimum absolute atomic E-state index is 0.303. The van der Waals surface area contributed by atoms with Crippen LogP contribution >= 0.6 is 0 Å². The van der Waals surface area contributed by atoms with Crippen molar-refractivity contribution < 1.29 is 9.90 Å². The Kier molecular flexibility index (Phi) is 3.54. The van der Waals surface area contributed by atoms with Crippen LogP contribution in [-0.4, -0.2) is 21.7 Å². The topological polar surface area (TPSA) is 52.9 Å². The Labute approximate surface area is 129 Å². The van der Waals surface area contributed by atoms with Gasteiger partial charge in [0.25, 0.3) is 5.91 Å². The second kappa shape index (κ2) is 5.39. The Morgan fingerprint density at radius 2 is 1.73 bits per heavy atom. The molecule has 3 rings (SSSR count). The Morgan fingerprint density at radius 1 is 1.09 bits per heavy atom. The summed E-state index contributed by atoms with van der Waals surface area (Å²) in [5.41, 5.74) is 1.56. The molecule has 2 aromatic rings. The zero-order valence-corrected chi connectivity index (χ0v) is 12.7. The Morgan fingerprint density at radius 3 is 2.36 bits per heavy atom. The smallest absolute Gasteiger partial charge is 0.276 e. The predicted octanol–water partition coefficient (Wildman–Crippen LogP) is 3.06. The van der Waals surface area contributed by atoms with E-state index in [0.29, 0.717) is 17.5 Å². The molecule has 1 N–H and O–H groups in total.